The van der Waals surface area contributed by atoms with Crippen LogP contribution in [0.25, 0.3) is 0 Å². The average Bonchev–Trinajstić information content (AvgIpc) is 1.79. The lowest BCUT2D eigenvalue weighted by Gasteiger charge is -1.97. The van der Waals surface area contributed by atoms with Crippen LogP contribution in [0.15, 0.2) is 4.36 Å². The Labute approximate surface area is 54.0 Å². The fraction of sp³-hybridized carbons (Fsp3) is 0.750. The van der Waals surface area contributed by atoms with Crippen molar-refractivity contribution in [2.75, 3.05) is 6.26 Å². The molecule has 1 amide bonds. The number of amides is 1. The normalized spacial score (nSPS) is 42.9. The van der Waals surface area contributed by atoms with Gasteiger partial charge in [0.1, 0.15) is 9.92 Å². The van der Waals surface area contributed by atoms with Crippen molar-refractivity contribution in [2.24, 2.45) is 4.36 Å². The van der Waals surface area contributed by atoms with Crippen molar-refractivity contribution in [1.29, 1.82) is 0 Å². The molecule has 0 spiro atoms. The van der Waals surface area contributed by atoms with Crippen LogP contribution in [-0.2, 0) is 14.7 Å². The summed E-state index contributed by atoms with van der Waals surface area (Å²) >= 11 is 0. The van der Waals surface area contributed by atoms with E-state index >= 15 is 0 Å². The zero-order valence-electron chi connectivity index (χ0n) is 5.25. The number of hydrogen-bond donors (Lipinski definition) is 1. The quantitative estimate of drug-likeness (QED) is 0.504. The van der Waals surface area contributed by atoms with Gasteiger partial charge in [-0.2, -0.15) is 0 Å². The number of hydrogen-bond acceptors (Lipinski definition) is 2. The van der Waals surface area contributed by atoms with Crippen molar-refractivity contribution in [3.63, 3.8) is 0 Å². The first-order valence-corrected chi connectivity index (χ1v) is 4.47. The lowest BCUT2D eigenvalue weighted by molar-refractivity contribution is -0.118. The van der Waals surface area contributed by atoms with Gasteiger partial charge in [0, 0.05) is 6.26 Å². The van der Waals surface area contributed by atoms with Crippen molar-refractivity contribution < 1.29 is 9.00 Å². The molecule has 0 aromatic rings. The summed E-state index contributed by atoms with van der Waals surface area (Å²) in [6.45, 7) is 1.64. The van der Waals surface area contributed by atoms with Crippen LogP contribution in [0.2, 0.25) is 0 Å². The van der Waals surface area contributed by atoms with E-state index in [1.165, 1.54) is 6.26 Å². The van der Waals surface area contributed by atoms with E-state index in [-0.39, 0.29) is 11.9 Å². The molecule has 0 saturated heterocycles. The van der Waals surface area contributed by atoms with Crippen molar-refractivity contribution in [3.05, 3.63) is 0 Å². The van der Waals surface area contributed by atoms with E-state index in [0.29, 0.717) is 0 Å². The van der Waals surface area contributed by atoms with E-state index in [0.717, 1.165) is 0 Å². The minimum Gasteiger partial charge on any atom is -0.270 e. The second-order valence-electron chi connectivity index (χ2n) is 2.07. The number of nitrogens with one attached hydrogen (secondary N) is 1. The SMILES string of the molecule is CC1NS(C)(=O)=NC1=O. The molecule has 4 nitrogen and oxygen atoms in total. The predicted molar refractivity (Wildman–Crippen MR) is 34.1 cm³/mol. The third-order valence-electron chi connectivity index (χ3n) is 1.03. The van der Waals surface area contributed by atoms with Gasteiger partial charge in [0.15, 0.2) is 0 Å². The Bertz CT molecular complexity index is 251. The predicted octanol–water partition coefficient (Wildman–Crippen LogP) is -0.483. The Morgan fingerprint density at radius 1 is 1.78 bits per heavy atom. The zero-order valence-corrected chi connectivity index (χ0v) is 6.07. The zero-order chi connectivity index (χ0) is 7.07. The van der Waals surface area contributed by atoms with E-state index < -0.39 is 9.92 Å². The van der Waals surface area contributed by atoms with Gasteiger partial charge >= 0.3 is 0 Å². The van der Waals surface area contributed by atoms with E-state index in [1.54, 1.807) is 6.92 Å². The first kappa shape index (κ1) is 6.70. The second kappa shape index (κ2) is 1.78. The molecule has 0 bridgehead atoms. The molecule has 0 aliphatic carbocycles. The van der Waals surface area contributed by atoms with Gasteiger partial charge in [-0.15, -0.1) is 4.36 Å². The molecule has 0 fully saturated rings. The van der Waals surface area contributed by atoms with Gasteiger partial charge in [0.05, 0.1) is 6.04 Å². The summed E-state index contributed by atoms with van der Waals surface area (Å²) in [5.41, 5.74) is 0. The third-order valence-corrected chi connectivity index (χ3v) is 2.35. The lowest BCUT2D eigenvalue weighted by Crippen LogP contribution is -2.28. The molecule has 1 aliphatic heterocycles. The van der Waals surface area contributed by atoms with E-state index in [9.17, 15) is 9.00 Å². The first-order valence-electron chi connectivity index (χ1n) is 2.54. The van der Waals surface area contributed by atoms with Crippen LogP contribution in [0.1, 0.15) is 6.92 Å². The molecule has 0 radical (unpaired) electrons. The summed E-state index contributed by atoms with van der Waals surface area (Å²) in [6, 6.07) is -0.373. The van der Waals surface area contributed by atoms with Crippen LogP contribution in [0.3, 0.4) is 0 Å². The number of nitrogens with zero attached hydrogens (tertiary/aromatic N) is 1. The summed E-state index contributed by atoms with van der Waals surface area (Å²) in [5.74, 6) is -0.317. The Hall–Kier alpha value is -0.420. The van der Waals surface area contributed by atoms with Crippen LogP contribution in [0.5, 0.6) is 0 Å². The molecule has 2 atom stereocenters. The van der Waals surface area contributed by atoms with Crippen LogP contribution in [0, 0.1) is 0 Å². The van der Waals surface area contributed by atoms with Gasteiger partial charge in [-0.1, -0.05) is 0 Å². The average molecular weight is 148 g/mol. The second-order valence-corrected chi connectivity index (χ2v) is 4.09. The van der Waals surface area contributed by atoms with Gasteiger partial charge in [-0.25, -0.2) is 8.93 Å². The maximum Gasteiger partial charge on any atom is 0.272 e. The van der Waals surface area contributed by atoms with Crippen LogP contribution in [-0.4, -0.2) is 22.4 Å². The van der Waals surface area contributed by atoms with Gasteiger partial charge < -0.3 is 0 Å². The van der Waals surface area contributed by atoms with Gasteiger partial charge in [-0.3, -0.25) is 4.79 Å². The first-order chi connectivity index (χ1) is 4.01. The van der Waals surface area contributed by atoms with Gasteiger partial charge in [0.2, 0.25) is 0 Å². The molecule has 1 heterocycles. The smallest absolute Gasteiger partial charge is 0.270 e. The van der Waals surface area contributed by atoms with Crippen molar-refractivity contribution >= 4 is 15.8 Å². The molecule has 1 aliphatic rings. The van der Waals surface area contributed by atoms with E-state index in [4.69, 9.17) is 0 Å². The van der Waals surface area contributed by atoms with Gasteiger partial charge in [0.25, 0.3) is 5.91 Å². The Morgan fingerprint density at radius 2 is 2.33 bits per heavy atom. The Balaban J connectivity index is 3.01. The topological polar surface area (TPSA) is 58.5 Å². The molecule has 2 unspecified atom stereocenters. The number of carbonyl (C=O) groups excluding carboxylic acids is 1. The molecule has 0 aromatic carbocycles. The largest absolute Gasteiger partial charge is 0.272 e. The summed E-state index contributed by atoms with van der Waals surface area (Å²) in [4.78, 5) is 10.6. The molecule has 5 heteroatoms. The highest BCUT2D eigenvalue weighted by molar-refractivity contribution is 7.91. The molecule has 9 heavy (non-hydrogen) atoms. The Morgan fingerprint density at radius 3 is 2.44 bits per heavy atom. The third kappa shape index (κ3) is 1.28. The van der Waals surface area contributed by atoms with Crippen molar-refractivity contribution in [2.45, 2.75) is 13.0 Å². The van der Waals surface area contributed by atoms with Crippen molar-refractivity contribution in [1.82, 2.24) is 4.72 Å². The molecular formula is C4H8N2O2S. The molecule has 0 saturated carbocycles. The van der Waals surface area contributed by atoms with Crippen LogP contribution >= 0.6 is 0 Å². The fourth-order valence-corrected chi connectivity index (χ4v) is 1.97. The van der Waals surface area contributed by atoms with Crippen LogP contribution in [0.4, 0.5) is 0 Å². The number of rotatable bonds is 0. The van der Waals surface area contributed by atoms with Crippen molar-refractivity contribution in [3.8, 4) is 0 Å². The summed E-state index contributed by atoms with van der Waals surface area (Å²) < 4.78 is 16.8. The highest BCUT2D eigenvalue weighted by Crippen LogP contribution is 2.01. The minimum atomic E-state index is -2.37. The number of carbonyl (C=O) groups is 1. The minimum absolute atomic E-state index is 0.317. The Kier molecular flexibility index (Phi) is 1.32. The van der Waals surface area contributed by atoms with Gasteiger partial charge in [-0.05, 0) is 6.92 Å². The van der Waals surface area contributed by atoms with E-state index in [1.807, 2.05) is 0 Å². The van der Waals surface area contributed by atoms with E-state index in [2.05, 4.69) is 9.08 Å². The fourth-order valence-electron chi connectivity index (χ4n) is 0.656. The highest BCUT2D eigenvalue weighted by Gasteiger charge is 2.23. The van der Waals surface area contributed by atoms with Crippen LogP contribution < -0.4 is 4.72 Å². The molecular weight excluding hydrogens is 140 g/mol. The highest BCUT2D eigenvalue weighted by atomic mass is 32.2. The summed E-state index contributed by atoms with van der Waals surface area (Å²) in [6.07, 6.45) is 1.41. The summed E-state index contributed by atoms with van der Waals surface area (Å²) in [5, 5.41) is 0. The molecule has 52 valence electrons. The molecule has 1 N–H and O–H groups in total. The summed E-state index contributed by atoms with van der Waals surface area (Å²) in [7, 11) is -2.37. The molecule has 1 rings (SSSR count). The maximum atomic E-state index is 10.9. The standard InChI is InChI=1S/C4H8N2O2S/c1-3-4(7)6-9(2,8)5-3/h3H,1-2H3,(H,5,6,7,8). The lowest BCUT2D eigenvalue weighted by atomic mass is 10.4. The molecule has 0 aromatic heterocycles. The maximum absolute atomic E-state index is 10.9. The monoisotopic (exact) mass is 148 g/mol.